The average Bonchev–Trinajstić information content (AvgIpc) is 2.46. The molecule has 1 aliphatic rings. The van der Waals surface area contributed by atoms with Crippen molar-refractivity contribution >= 4 is 28.5 Å². The van der Waals surface area contributed by atoms with Gasteiger partial charge in [-0.25, -0.2) is 0 Å². The van der Waals surface area contributed by atoms with E-state index in [1.807, 2.05) is 42.5 Å². The zero-order valence-electron chi connectivity index (χ0n) is 10.3. The second-order valence-corrected chi connectivity index (χ2v) is 4.12. The minimum Gasteiger partial charge on any atom is -0.491 e. The van der Waals surface area contributed by atoms with Crippen LogP contribution in [0.4, 0.5) is 0 Å². The Hall–Kier alpha value is -2.62. The summed E-state index contributed by atoms with van der Waals surface area (Å²) in [7, 11) is 1.47. The summed E-state index contributed by atoms with van der Waals surface area (Å²) in [6.45, 7) is 0. The third-order valence-electron chi connectivity index (χ3n) is 3.06. The van der Waals surface area contributed by atoms with Crippen LogP contribution in [-0.4, -0.2) is 19.2 Å². The molecule has 0 atom stereocenters. The number of allylic oxidation sites excluding steroid dienone is 1. The topological polar surface area (TPSA) is 52.8 Å². The van der Waals surface area contributed by atoms with Gasteiger partial charge in [0, 0.05) is 0 Å². The minimum atomic E-state index is -0.451. The molecule has 1 amide bonds. The molecule has 4 nitrogen and oxygen atoms in total. The van der Waals surface area contributed by atoms with Crippen LogP contribution < -0.4 is 5.43 Å². The molecule has 1 aliphatic heterocycles. The van der Waals surface area contributed by atoms with E-state index in [4.69, 9.17) is 4.74 Å². The standard InChI is InChI=1S/C15H11N2O2/c1-19-14-13(9-16-17-15(14)18)12-8-4-6-10-5-2-3-7-11(10)12/h2-9H,1H3. The summed E-state index contributed by atoms with van der Waals surface area (Å²) >= 11 is 0. The number of ether oxygens (including phenoxy) is 1. The van der Waals surface area contributed by atoms with E-state index in [0.29, 0.717) is 5.57 Å². The van der Waals surface area contributed by atoms with E-state index < -0.39 is 5.91 Å². The number of methoxy groups -OCH3 is 1. The molecule has 0 N–H and O–H groups in total. The molecular formula is C15H11N2O2. The molecule has 2 aromatic rings. The SMILES string of the molecule is COC1=C(c2cccc3ccccc23)C=N[N]C1=O. The lowest BCUT2D eigenvalue weighted by Crippen LogP contribution is -2.20. The van der Waals surface area contributed by atoms with Gasteiger partial charge in [0.2, 0.25) is 0 Å². The highest BCUT2D eigenvalue weighted by Crippen LogP contribution is 2.27. The van der Waals surface area contributed by atoms with E-state index in [-0.39, 0.29) is 5.76 Å². The van der Waals surface area contributed by atoms with Gasteiger partial charge >= 0.3 is 5.91 Å². The predicted molar refractivity (Wildman–Crippen MR) is 73.5 cm³/mol. The molecule has 0 unspecified atom stereocenters. The number of carbonyl (C=O) groups excluding carboxylic acids is 1. The molecular weight excluding hydrogens is 240 g/mol. The maximum absolute atomic E-state index is 11.7. The molecule has 3 rings (SSSR count). The summed E-state index contributed by atoms with van der Waals surface area (Å²) in [5.74, 6) is -0.223. The number of benzene rings is 2. The van der Waals surface area contributed by atoms with Gasteiger partial charge in [-0.1, -0.05) is 42.5 Å². The summed E-state index contributed by atoms with van der Waals surface area (Å²) in [6, 6.07) is 13.9. The summed E-state index contributed by atoms with van der Waals surface area (Å²) in [4.78, 5) is 11.7. The van der Waals surface area contributed by atoms with Crippen molar-refractivity contribution in [2.24, 2.45) is 5.10 Å². The first kappa shape index (κ1) is 11.5. The van der Waals surface area contributed by atoms with Crippen molar-refractivity contribution in [3.63, 3.8) is 0 Å². The number of nitrogens with zero attached hydrogens (tertiary/aromatic N) is 2. The van der Waals surface area contributed by atoms with Crippen LogP contribution in [0.5, 0.6) is 0 Å². The van der Waals surface area contributed by atoms with Gasteiger partial charge in [0.25, 0.3) is 0 Å². The molecule has 0 spiro atoms. The van der Waals surface area contributed by atoms with E-state index >= 15 is 0 Å². The van der Waals surface area contributed by atoms with Crippen LogP contribution in [0.15, 0.2) is 53.3 Å². The van der Waals surface area contributed by atoms with Crippen LogP contribution in [0, 0.1) is 0 Å². The van der Waals surface area contributed by atoms with Crippen molar-refractivity contribution in [2.45, 2.75) is 0 Å². The van der Waals surface area contributed by atoms with Crippen LogP contribution in [0.1, 0.15) is 5.56 Å². The van der Waals surface area contributed by atoms with E-state index in [0.717, 1.165) is 16.3 Å². The molecule has 0 aromatic heterocycles. The van der Waals surface area contributed by atoms with Crippen molar-refractivity contribution in [3.8, 4) is 0 Å². The lowest BCUT2D eigenvalue weighted by Gasteiger charge is -2.14. The maximum Gasteiger partial charge on any atom is 0.331 e. The van der Waals surface area contributed by atoms with E-state index in [9.17, 15) is 4.79 Å². The van der Waals surface area contributed by atoms with Gasteiger partial charge in [-0.3, -0.25) is 4.79 Å². The van der Waals surface area contributed by atoms with Crippen molar-refractivity contribution < 1.29 is 9.53 Å². The first-order valence-electron chi connectivity index (χ1n) is 5.86. The molecule has 2 aromatic carbocycles. The van der Waals surface area contributed by atoms with Crippen LogP contribution >= 0.6 is 0 Å². The Kier molecular flexibility index (Phi) is 2.76. The Morgan fingerprint density at radius 1 is 1.05 bits per heavy atom. The van der Waals surface area contributed by atoms with Gasteiger partial charge in [-0.05, 0) is 16.3 Å². The number of hydrogen-bond acceptors (Lipinski definition) is 3. The maximum atomic E-state index is 11.7. The van der Waals surface area contributed by atoms with Crippen LogP contribution in [-0.2, 0) is 9.53 Å². The third kappa shape index (κ3) is 1.87. The molecule has 0 fully saturated rings. The largest absolute Gasteiger partial charge is 0.491 e. The van der Waals surface area contributed by atoms with E-state index in [2.05, 4.69) is 10.5 Å². The average molecular weight is 251 g/mol. The van der Waals surface area contributed by atoms with E-state index in [1.165, 1.54) is 7.11 Å². The Morgan fingerprint density at radius 3 is 2.68 bits per heavy atom. The van der Waals surface area contributed by atoms with Crippen molar-refractivity contribution in [2.75, 3.05) is 7.11 Å². The van der Waals surface area contributed by atoms with Gasteiger partial charge in [-0.2, -0.15) is 5.10 Å². The third-order valence-corrected chi connectivity index (χ3v) is 3.06. The van der Waals surface area contributed by atoms with Crippen LogP contribution in [0.3, 0.4) is 0 Å². The number of amides is 1. The van der Waals surface area contributed by atoms with Gasteiger partial charge in [0.05, 0.1) is 18.9 Å². The lowest BCUT2D eigenvalue weighted by atomic mass is 9.97. The lowest BCUT2D eigenvalue weighted by molar-refractivity contribution is -0.120. The minimum absolute atomic E-state index is 0.228. The molecule has 0 saturated carbocycles. The highest BCUT2D eigenvalue weighted by molar-refractivity contribution is 6.22. The molecule has 0 aliphatic carbocycles. The fourth-order valence-corrected chi connectivity index (χ4v) is 2.21. The van der Waals surface area contributed by atoms with Crippen LogP contribution in [0.2, 0.25) is 0 Å². The van der Waals surface area contributed by atoms with Crippen molar-refractivity contribution in [3.05, 3.63) is 53.8 Å². The quantitative estimate of drug-likeness (QED) is 0.822. The zero-order chi connectivity index (χ0) is 13.2. The van der Waals surface area contributed by atoms with Gasteiger partial charge in [0.1, 0.15) is 0 Å². The number of carbonyl (C=O) groups is 1. The Bertz CT molecular complexity index is 712. The number of fused-ring (bicyclic) bond motifs is 1. The smallest absolute Gasteiger partial charge is 0.331 e. The first-order chi connectivity index (χ1) is 9.31. The Labute approximate surface area is 110 Å². The van der Waals surface area contributed by atoms with Crippen molar-refractivity contribution in [1.29, 1.82) is 0 Å². The van der Waals surface area contributed by atoms with Crippen molar-refractivity contribution in [1.82, 2.24) is 5.43 Å². The van der Waals surface area contributed by atoms with Gasteiger partial charge < -0.3 is 4.74 Å². The number of hydrogen-bond donors (Lipinski definition) is 0. The summed E-state index contributed by atoms with van der Waals surface area (Å²) in [5, 5.41) is 5.89. The molecule has 0 saturated heterocycles. The zero-order valence-corrected chi connectivity index (χ0v) is 10.3. The molecule has 0 bridgehead atoms. The first-order valence-corrected chi connectivity index (χ1v) is 5.86. The van der Waals surface area contributed by atoms with Crippen LogP contribution in [0.25, 0.3) is 16.3 Å². The molecule has 4 heteroatoms. The fourth-order valence-electron chi connectivity index (χ4n) is 2.21. The predicted octanol–water partition coefficient (Wildman–Crippen LogP) is 2.33. The summed E-state index contributed by atoms with van der Waals surface area (Å²) < 4.78 is 5.16. The fraction of sp³-hybridized carbons (Fsp3) is 0.0667. The highest BCUT2D eigenvalue weighted by Gasteiger charge is 2.22. The summed E-state index contributed by atoms with van der Waals surface area (Å²) in [5.41, 5.74) is 5.07. The molecule has 1 heterocycles. The second kappa shape index (κ2) is 4.57. The van der Waals surface area contributed by atoms with Gasteiger partial charge in [-0.15, -0.1) is 5.43 Å². The van der Waals surface area contributed by atoms with E-state index in [1.54, 1.807) is 6.21 Å². The Morgan fingerprint density at radius 2 is 1.84 bits per heavy atom. The monoisotopic (exact) mass is 251 g/mol. The highest BCUT2D eigenvalue weighted by atomic mass is 16.5. The molecule has 19 heavy (non-hydrogen) atoms. The summed E-state index contributed by atoms with van der Waals surface area (Å²) in [6.07, 6.45) is 1.56. The normalized spacial score (nSPS) is 14.7. The Balaban J connectivity index is 2.30. The second-order valence-electron chi connectivity index (χ2n) is 4.12. The molecule has 93 valence electrons. The number of rotatable bonds is 2. The van der Waals surface area contributed by atoms with Gasteiger partial charge in [0.15, 0.2) is 5.76 Å². The molecule has 1 radical (unpaired) electrons.